The van der Waals surface area contributed by atoms with E-state index in [0.717, 1.165) is 24.8 Å². The van der Waals surface area contributed by atoms with Gasteiger partial charge in [-0.05, 0) is 44.6 Å². The van der Waals surface area contributed by atoms with E-state index in [0.29, 0.717) is 19.3 Å². The maximum Gasteiger partial charge on any atom is 0.305 e. The summed E-state index contributed by atoms with van der Waals surface area (Å²) >= 11 is 0. The largest absolute Gasteiger partial charge is 0.463 e. The smallest absolute Gasteiger partial charge is 0.305 e. The zero-order chi connectivity index (χ0) is 22.5. The molecular weight excluding hydrogens is 396 g/mol. The molecule has 1 aliphatic rings. The van der Waals surface area contributed by atoms with Crippen molar-refractivity contribution in [2.75, 3.05) is 13.2 Å². The molecule has 7 nitrogen and oxygen atoms in total. The highest BCUT2D eigenvalue weighted by molar-refractivity contribution is 5.86. The van der Waals surface area contributed by atoms with Gasteiger partial charge in [0.1, 0.15) is 6.61 Å². The Bertz CT molecular complexity index is 735. The standard InChI is InChI=1S/C24H34N2O5/c1-18(16-27)25-22(28)15-20-12-8-3-2-4-9-13-23(29)31-17-21(26-24(20)30)14-19-10-6-5-7-11-19/h3,5-8,10-11,18,20-21,27H,2,4,9,12-17H2,1H3,(H,25,28)(H,26,30)/t18-,20-,21-/m1/s1. The van der Waals surface area contributed by atoms with E-state index in [4.69, 9.17) is 9.84 Å². The van der Waals surface area contributed by atoms with Crippen LogP contribution < -0.4 is 10.6 Å². The molecule has 0 saturated carbocycles. The van der Waals surface area contributed by atoms with E-state index in [1.165, 1.54) is 0 Å². The van der Waals surface area contributed by atoms with E-state index >= 15 is 0 Å². The number of aliphatic hydroxyl groups is 1. The van der Waals surface area contributed by atoms with Crippen LogP contribution in [0.5, 0.6) is 0 Å². The van der Waals surface area contributed by atoms with Crippen molar-refractivity contribution in [3.8, 4) is 0 Å². The average molecular weight is 431 g/mol. The predicted molar refractivity (Wildman–Crippen MR) is 118 cm³/mol. The Kier molecular flexibility index (Phi) is 10.8. The summed E-state index contributed by atoms with van der Waals surface area (Å²) in [5.41, 5.74) is 1.02. The first kappa shape index (κ1) is 24.6. The number of ether oxygens (including phenoxy) is 1. The molecule has 0 aliphatic carbocycles. The quantitative estimate of drug-likeness (QED) is 0.474. The third-order valence-corrected chi connectivity index (χ3v) is 5.19. The number of benzene rings is 1. The van der Waals surface area contributed by atoms with Crippen LogP contribution in [-0.2, 0) is 25.5 Å². The number of hydrogen-bond acceptors (Lipinski definition) is 5. The molecule has 0 radical (unpaired) electrons. The molecule has 0 saturated heterocycles. The molecule has 0 spiro atoms. The molecule has 0 unspecified atom stereocenters. The van der Waals surface area contributed by atoms with Crippen molar-refractivity contribution in [2.45, 2.75) is 64.0 Å². The number of allylic oxidation sites excluding steroid dienone is 2. The summed E-state index contributed by atoms with van der Waals surface area (Å²) in [5.74, 6) is -1.32. The van der Waals surface area contributed by atoms with Crippen LogP contribution in [0.3, 0.4) is 0 Å². The Morgan fingerprint density at radius 2 is 2.00 bits per heavy atom. The van der Waals surface area contributed by atoms with E-state index in [2.05, 4.69) is 10.6 Å². The lowest BCUT2D eigenvalue weighted by atomic mass is 9.97. The number of hydrogen-bond donors (Lipinski definition) is 3. The second-order valence-corrected chi connectivity index (χ2v) is 8.08. The molecule has 1 aromatic carbocycles. The summed E-state index contributed by atoms with van der Waals surface area (Å²) < 4.78 is 5.42. The third-order valence-electron chi connectivity index (χ3n) is 5.19. The minimum absolute atomic E-state index is 0.0261. The SMILES string of the molecule is C[C@H](CO)NC(=O)C[C@H]1CC=CCCCCC(=O)OC[C@@H](Cc2ccccc2)NC1=O. The first-order chi connectivity index (χ1) is 15.0. The maximum absolute atomic E-state index is 13.0. The van der Waals surface area contributed by atoms with Gasteiger partial charge in [-0.3, -0.25) is 14.4 Å². The second-order valence-electron chi connectivity index (χ2n) is 8.08. The molecule has 0 bridgehead atoms. The van der Waals surface area contributed by atoms with Crippen molar-refractivity contribution in [2.24, 2.45) is 5.92 Å². The van der Waals surface area contributed by atoms with Crippen LogP contribution in [0.15, 0.2) is 42.5 Å². The molecule has 2 rings (SSSR count). The molecule has 1 aromatic rings. The van der Waals surface area contributed by atoms with E-state index in [-0.39, 0.29) is 49.5 Å². The van der Waals surface area contributed by atoms with Crippen LogP contribution in [0.1, 0.15) is 51.0 Å². The number of carbonyl (C=O) groups excluding carboxylic acids is 3. The molecule has 3 N–H and O–H groups in total. The average Bonchev–Trinajstić information content (AvgIpc) is 2.75. The first-order valence-corrected chi connectivity index (χ1v) is 11.0. The summed E-state index contributed by atoms with van der Waals surface area (Å²) in [6, 6.07) is 8.94. The topological polar surface area (TPSA) is 105 Å². The van der Waals surface area contributed by atoms with Gasteiger partial charge in [-0.25, -0.2) is 0 Å². The van der Waals surface area contributed by atoms with Gasteiger partial charge in [0, 0.05) is 18.9 Å². The summed E-state index contributed by atoms with van der Waals surface area (Å²) in [4.78, 5) is 37.4. The van der Waals surface area contributed by atoms with Crippen molar-refractivity contribution >= 4 is 17.8 Å². The fraction of sp³-hybridized carbons (Fsp3) is 0.542. The minimum atomic E-state index is -0.543. The molecule has 0 fully saturated rings. The van der Waals surface area contributed by atoms with Gasteiger partial charge in [0.25, 0.3) is 0 Å². The number of aliphatic hydroxyl groups excluding tert-OH is 1. The Balaban J connectivity index is 2.12. The van der Waals surface area contributed by atoms with Crippen LogP contribution in [-0.4, -0.2) is 48.2 Å². The lowest BCUT2D eigenvalue weighted by Crippen LogP contribution is -2.45. The predicted octanol–water partition coefficient (Wildman–Crippen LogP) is 2.28. The number of rotatable bonds is 6. The van der Waals surface area contributed by atoms with E-state index in [1.807, 2.05) is 42.5 Å². The molecule has 2 amide bonds. The lowest BCUT2D eigenvalue weighted by Gasteiger charge is -2.23. The maximum atomic E-state index is 13.0. The van der Waals surface area contributed by atoms with Crippen molar-refractivity contribution in [3.63, 3.8) is 0 Å². The number of carbonyl (C=O) groups is 3. The zero-order valence-electron chi connectivity index (χ0n) is 18.2. The van der Waals surface area contributed by atoms with Gasteiger partial charge < -0.3 is 20.5 Å². The Morgan fingerprint density at radius 3 is 2.74 bits per heavy atom. The van der Waals surface area contributed by atoms with Crippen LogP contribution in [0, 0.1) is 5.92 Å². The first-order valence-electron chi connectivity index (χ1n) is 11.0. The number of amides is 2. The highest BCUT2D eigenvalue weighted by Gasteiger charge is 2.25. The van der Waals surface area contributed by atoms with Gasteiger partial charge in [-0.1, -0.05) is 42.5 Å². The zero-order valence-corrected chi connectivity index (χ0v) is 18.2. The van der Waals surface area contributed by atoms with Crippen molar-refractivity contribution in [1.82, 2.24) is 10.6 Å². The highest BCUT2D eigenvalue weighted by Crippen LogP contribution is 2.14. The lowest BCUT2D eigenvalue weighted by molar-refractivity contribution is -0.145. The van der Waals surface area contributed by atoms with Crippen LogP contribution in [0.4, 0.5) is 0 Å². The van der Waals surface area contributed by atoms with Crippen molar-refractivity contribution < 1.29 is 24.2 Å². The summed E-state index contributed by atoms with van der Waals surface area (Å²) in [5, 5.41) is 14.8. The van der Waals surface area contributed by atoms with Gasteiger partial charge >= 0.3 is 5.97 Å². The van der Waals surface area contributed by atoms with Gasteiger partial charge in [-0.15, -0.1) is 0 Å². The fourth-order valence-electron chi connectivity index (χ4n) is 3.43. The van der Waals surface area contributed by atoms with Crippen LogP contribution in [0.25, 0.3) is 0 Å². The monoisotopic (exact) mass is 430 g/mol. The van der Waals surface area contributed by atoms with E-state index in [1.54, 1.807) is 6.92 Å². The number of nitrogens with one attached hydrogen (secondary N) is 2. The fourth-order valence-corrected chi connectivity index (χ4v) is 3.43. The molecule has 7 heteroatoms. The summed E-state index contributed by atoms with van der Waals surface area (Å²) in [6.07, 6.45) is 7.72. The minimum Gasteiger partial charge on any atom is -0.463 e. The van der Waals surface area contributed by atoms with E-state index < -0.39 is 5.92 Å². The normalized spacial score (nSPS) is 22.0. The molecule has 0 aromatic heterocycles. The Morgan fingerprint density at radius 1 is 1.23 bits per heavy atom. The molecule has 1 aliphatic heterocycles. The van der Waals surface area contributed by atoms with Crippen molar-refractivity contribution in [1.29, 1.82) is 0 Å². The van der Waals surface area contributed by atoms with Crippen molar-refractivity contribution in [3.05, 3.63) is 48.0 Å². The van der Waals surface area contributed by atoms with Gasteiger partial charge in [0.2, 0.25) is 11.8 Å². The molecule has 3 atom stereocenters. The third kappa shape index (κ3) is 9.79. The number of esters is 1. The van der Waals surface area contributed by atoms with Gasteiger partial charge in [0.15, 0.2) is 0 Å². The summed E-state index contributed by atoms with van der Waals surface area (Å²) in [6.45, 7) is 1.64. The summed E-state index contributed by atoms with van der Waals surface area (Å²) in [7, 11) is 0. The Hall–Kier alpha value is -2.67. The molecule has 1 heterocycles. The molecular formula is C24H34N2O5. The van der Waals surface area contributed by atoms with Gasteiger partial charge in [0.05, 0.1) is 18.6 Å². The molecule has 31 heavy (non-hydrogen) atoms. The Labute approximate surface area is 184 Å². The van der Waals surface area contributed by atoms with Gasteiger partial charge in [-0.2, -0.15) is 0 Å². The number of cyclic esters (lactones) is 1. The molecule has 170 valence electrons. The van der Waals surface area contributed by atoms with Crippen LogP contribution >= 0.6 is 0 Å². The highest BCUT2D eigenvalue weighted by atomic mass is 16.5. The van der Waals surface area contributed by atoms with Crippen LogP contribution in [0.2, 0.25) is 0 Å². The van der Waals surface area contributed by atoms with E-state index in [9.17, 15) is 14.4 Å². The second kappa shape index (κ2) is 13.6.